The molecule has 0 amide bonds. The Kier molecular flexibility index (Phi) is 4.47. The fourth-order valence-corrected chi connectivity index (χ4v) is 2.01. The molecular formula is C15H20N2O2. The number of furan rings is 1. The fourth-order valence-electron chi connectivity index (χ4n) is 2.01. The van der Waals surface area contributed by atoms with Crippen molar-refractivity contribution in [1.29, 1.82) is 0 Å². The van der Waals surface area contributed by atoms with Crippen molar-refractivity contribution in [3.63, 3.8) is 0 Å². The Morgan fingerprint density at radius 1 is 1.32 bits per heavy atom. The lowest BCUT2D eigenvalue weighted by molar-refractivity contribution is 0.414. The van der Waals surface area contributed by atoms with Crippen LogP contribution in [0.15, 0.2) is 41.0 Å². The average Bonchev–Trinajstić information content (AvgIpc) is 2.86. The summed E-state index contributed by atoms with van der Waals surface area (Å²) in [5.74, 6) is 1.85. The van der Waals surface area contributed by atoms with Gasteiger partial charge in [0.25, 0.3) is 0 Å². The zero-order chi connectivity index (χ0) is 13.7. The summed E-state index contributed by atoms with van der Waals surface area (Å²) in [6, 6.07) is 10.0. The minimum absolute atomic E-state index is 0.733. The van der Waals surface area contributed by atoms with Crippen LogP contribution in [0, 0.1) is 0 Å². The SMILES string of the molecule is CNCc1ccoc1CN(C)c1cccc(OC)c1. The Morgan fingerprint density at radius 2 is 2.16 bits per heavy atom. The first-order chi connectivity index (χ1) is 9.24. The van der Waals surface area contributed by atoms with Crippen molar-refractivity contribution in [2.45, 2.75) is 13.1 Å². The summed E-state index contributed by atoms with van der Waals surface area (Å²) in [6.07, 6.45) is 1.74. The number of anilines is 1. The lowest BCUT2D eigenvalue weighted by atomic mass is 10.2. The number of rotatable bonds is 6. The topological polar surface area (TPSA) is 37.6 Å². The van der Waals surface area contributed by atoms with Crippen molar-refractivity contribution in [2.24, 2.45) is 0 Å². The molecule has 0 atom stereocenters. The van der Waals surface area contributed by atoms with Gasteiger partial charge >= 0.3 is 0 Å². The molecule has 0 spiro atoms. The lowest BCUT2D eigenvalue weighted by Crippen LogP contribution is -2.17. The van der Waals surface area contributed by atoms with Crippen LogP contribution in [-0.4, -0.2) is 21.2 Å². The van der Waals surface area contributed by atoms with Gasteiger partial charge in [0.1, 0.15) is 11.5 Å². The molecule has 1 N–H and O–H groups in total. The highest BCUT2D eigenvalue weighted by molar-refractivity contribution is 5.50. The molecule has 102 valence electrons. The van der Waals surface area contributed by atoms with Crippen molar-refractivity contribution in [1.82, 2.24) is 5.32 Å². The molecule has 0 saturated heterocycles. The molecule has 19 heavy (non-hydrogen) atoms. The number of hydrogen-bond acceptors (Lipinski definition) is 4. The summed E-state index contributed by atoms with van der Waals surface area (Å²) >= 11 is 0. The van der Waals surface area contributed by atoms with Crippen LogP contribution in [-0.2, 0) is 13.1 Å². The third-order valence-corrected chi connectivity index (χ3v) is 3.08. The van der Waals surface area contributed by atoms with Crippen LogP contribution in [0.25, 0.3) is 0 Å². The van der Waals surface area contributed by atoms with Gasteiger partial charge in [-0.15, -0.1) is 0 Å². The molecule has 0 unspecified atom stereocenters. The Morgan fingerprint density at radius 3 is 2.89 bits per heavy atom. The van der Waals surface area contributed by atoms with E-state index in [-0.39, 0.29) is 0 Å². The maximum atomic E-state index is 5.55. The highest BCUT2D eigenvalue weighted by Gasteiger charge is 2.09. The average molecular weight is 260 g/mol. The maximum Gasteiger partial charge on any atom is 0.127 e. The molecule has 4 nitrogen and oxygen atoms in total. The van der Waals surface area contributed by atoms with Gasteiger partial charge in [-0.05, 0) is 25.2 Å². The molecule has 0 fully saturated rings. The van der Waals surface area contributed by atoms with Crippen LogP contribution >= 0.6 is 0 Å². The minimum atomic E-state index is 0.733. The molecule has 0 aliphatic heterocycles. The van der Waals surface area contributed by atoms with E-state index in [4.69, 9.17) is 9.15 Å². The smallest absolute Gasteiger partial charge is 0.127 e. The molecule has 4 heteroatoms. The number of benzene rings is 1. The van der Waals surface area contributed by atoms with E-state index in [2.05, 4.69) is 16.3 Å². The van der Waals surface area contributed by atoms with E-state index < -0.39 is 0 Å². The van der Waals surface area contributed by atoms with Gasteiger partial charge in [-0.25, -0.2) is 0 Å². The predicted octanol–water partition coefficient (Wildman–Crippen LogP) is 2.64. The van der Waals surface area contributed by atoms with E-state index in [1.807, 2.05) is 38.4 Å². The molecule has 0 saturated carbocycles. The molecular weight excluding hydrogens is 240 g/mol. The van der Waals surface area contributed by atoms with E-state index in [0.717, 1.165) is 30.3 Å². The van der Waals surface area contributed by atoms with E-state index >= 15 is 0 Å². The molecule has 0 aliphatic carbocycles. The largest absolute Gasteiger partial charge is 0.497 e. The third-order valence-electron chi connectivity index (χ3n) is 3.08. The van der Waals surface area contributed by atoms with Crippen molar-refractivity contribution in [3.05, 3.63) is 47.9 Å². The third kappa shape index (κ3) is 3.29. The number of nitrogens with zero attached hydrogens (tertiary/aromatic N) is 1. The molecule has 0 radical (unpaired) electrons. The number of nitrogens with one attached hydrogen (secondary N) is 1. The molecule has 0 aliphatic rings. The van der Waals surface area contributed by atoms with E-state index in [1.165, 1.54) is 5.56 Å². The minimum Gasteiger partial charge on any atom is -0.497 e. The molecule has 1 aromatic carbocycles. The molecule has 1 aromatic heterocycles. The zero-order valence-electron chi connectivity index (χ0n) is 11.6. The standard InChI is InChI=1S/C15H20N2O2/c1-16-10-12-7-8-19-15(12)11-17(2)13-5-4-6-14(9-13)18-3/h4-9,16H,10-11H2,1-3H3. The van der Waals surface area contributed by atoms with Gasteiger partial charge in [0, 0.05) is 30.9 Å². The Bertz CT molecular complexity index is 522. The monoisotopic (exact) mass is 260 g/mol. The van der Waals surface area contributed by atoms with Crippen molar-refractivity contribution < 1.29 is 9.15 Å². The van der Waals surface area contributed by atoms with Crippen LogP contribution in [0.3, 0.4) is 0 Å². The van der Waals surface area contributed by atoms with Gasteiger partial charge in [-0.3, -0.25) is 0 Å². The summed E-state index contributed by atoms with van der Waals surface area (Å²) in [5, 5.41) is 3.14. The first-order valence-electron chi connectivity index (χ1n) is 6.29. The van der Waals surface area contributed by atoms with Crippen molar-refractivity contribution in [3.8, 4) is 5.75 Å². The van der Waals surface area contributed by atoms with Crippen LogP contribution in [0.2, 0.25) is 0 Å². The van der Waals surface area contributed by atoms with Crippen LogP contribution in [0.5, 0.6) is 5.75 Å². The second-order valence-electron chi connectivity index (χ2n) is 4.46. The number of methoxy groups -OCH3 is 1. The van der Waals surface area contributed by atoms with Crippen molar-refractivity contribution >= 4 is 5.69 Å². The second kappa shape index (κ2) is 6.29. The van der Waals surface area contributed by atoms with Gasteiger partial charge < -0.3 is 19.4 Å². The molecule has 1 heterocycles. The first-order valence-corrected chi connectivity index (χ1v) is 6.29. The van der Waals surface area contributed by atoms with Gasteiger partial charge in [0.15, 0.2) is 0 Å². The summed E-state index contributed by atoms with van der Waals surface area (Å²) in [7, 11) is 5.65. The van der Waals surface area contributed by atoms with E-state index in [1.54, 1.807) is 13.4 Å². The lowest BCUT2D eigenvalue weighted by Gasteiger charge is -2.19. The second-order valence-corrected chi connectivity index (χ2v) is 4.46. The highest BCUT2D eigenvalue weighted by atomic mass is 16.5. The van der Waals surface area contributed by atoms with E-state index in [9.17, 15) is 0 Å². The number of hydrogen-bond donors (Lipinski definition) is 1. The fraction of sp³-hybridized carbons (Fsp3) is 0.333. The van der Waals surface area contributed by atoms with Crippen LogP contribution in [0.1, 0.15) is 11.3 Å². The van der Waals surface area contributed by atoms with Crippen LogP contribution in [0.4, 0.5) is 5.69 Å². The van der Waals surface area contributed by atoms with Gasteiger partial charge in [0.05, 0.1) is 19.9 Å². The molecule has 2 rings (SSSR count). The normalized spacial score (nSPS) is 10.5. The number of ether oxygens (including phenoxy) is 1. The Hall–Kier alpha value is -1.94. The van der Waals surface area contributed by atoms with Crippen molar-refractivity contribution in [2.75, 3.05) is 26.1 Å². The zero-order valence-corrected chi connectivity index (χ0v) is 11.6. The highest BCUT2D eigenvalue weighted by Crippen LogP contribution is 2.22. The van der Waals surface area contributed by atoms with E-state index in [0.29, 0.717) is 0 Å². The Balaban J connectivity index is 2.11. The summed E-state index contributed by atoms with van der Waals surface area (Å²) in [6.45, 7) is 1.55. The van der Waals surface area contributed by atoms with Crippen LogP contribution < -0.4 is 15.0 Å². The maximum absolute atomic E-state index is 5.55. The summed E-state index contributed by atoms with van der Waals surface area (Å²) < 4.78 is 10.8. The first kappa shape index (κ1) is 13.5. The summed E-state index contributed by atoms with van der Waals surface area (Å²) in [5.41, 5.74) is 2.29. The van der Waals surface area contributed by atoms with Gasteiger partial charge in [0.2, 0.25) is 0 Å². The quantitative estimate of drug-likeness (QED) is 0.866. The predicted molar refractivity (Wildman–Crippen MR) is 76.6 cm³/mol. The molecule has 2 aromatic rings. The van der Waals surface area contributed by atoms with Gasteiger partial charge in [-0.2, -0.15) is 0 Å². The van der Waals surface area contributed by atoms with Gasteiger partial charge in [-0.1, -0.05) is 6.07 Å². The summed E-state index contributed by atoms with van der Waals surface area (Å²) in [4.78, 5) is 2.14. The molecule has 0 bridgehead atoms. The Labute approximate surface area is 114 Å².